The van der Waals surface area contributed by atoms with Crippen molar-refractivity contribution in [3.8, 4) is 5.75 Å². The summed E-state index contributed by atoms with van der Waals surface area (Å²) in [5, 5.41) is 0. The molecule has 1 aromatic carbocycles. The largest absolute Gasteiger partial charge is 0.484 e. The number of benzene rings is 1. The number of likely N-dealkylation sites (tertiary alicyclic amines) is 1. The molecule has 1 saturated heterocycles. The van der Waals surface area contributed by atoms with Gasteiger partial charge in [-0.25, -0.2) is 9.37 Å². The van der Waals surface area contributed by atoms with Gasteiger partial charge < -0.3 is 19.0 Å². The van der Waals surface area contributed by atoms with Gasteiger partial charge in [0.1, 0.15) is 17.8 Å². The monoisotopic (exact) mass is 333 g/mol. The highest BCUT2D eigenvalue weighted by Crippen LogP contribution is 2.17. The first-order valence-electron chi connectivity index (χ1n) is 7.81. The Morgan fingerprint density at radius 2 is 2.17 bits per heavy atom. The molecule has 2 heterocycles. The molecule has 7 heteroatoms. The SMILES string of the molecule is CN(C)[C@H]1CCN(C(=O)c2coc(COc3ccc(F)cc3)n2)C1. The Morgan fingerprint density at radius 1 is 1.42 bits per heavy atom. The zero-order chi connectivity index (χ0) is 17.1. The molecule has 6 nitrogen and oxygen atoms in total. The van der Waals surface area contributed by atoms with Crippen LogP contribution in [-0.2, 0) is 6.61 Å². The zero-order valence-corrected chi connectivity index (χ0v) is 13.7. The predicted octanol–water partition coefficient (Wildman–Crippen LogP) is 2.17. The molecule has 1 aliphatic rings. The van der Waals surface area contributed by atoms with Crippen molar-refractivity contribution in [2.24, 2.45) is 0 Å². The average Bonchev–Trinajstić information content (AvgIpc) is 3.23. The number of carbonyl (C=O) groups is 1. The van der Waals surface area contributed by atoms with Gasteiger partial charge in [-0.1, -0.05) is 0 Å². The Balaban J connectivity index is 1.57. The molecule has 24 heavy (non-hydrogen) atoms. The number of likely N-dealkylation sites (N-methyl/N-ethyl adjacent to an activating group) is 1. The van der Waals surface area contributed by atoms with E-state index in [0.717, 1.165) is 13.0 Å². The van der Waals surface area contributed by atoms with Gasteiger partial charge in [0, 0.05) is 19.1 Å². The quantitative estimate of drug-likeness (QED) is 0.839. The van der Waals surface area contributed by atoms with Crippen LogP contribution in [0.1, 0.15) is 22.8 Å². The lowest BCUT2D eigenvalue weighted by molar-refractivity contribution is 0.0777. The van der Waals surface area contributed by atoms with Crippen LogP contribution in [0.5, 0.6) is 5.75 Å². The van der Waals surface area contributed by atoms with E-state index in [1.165, 1.54) is 30.5 Å². The van der Waals surface area contributed by atoms with Gasteiger partial charge in [0.25, 0.3) is 5.91 Å². The molecule has 0 bridgehead atoms. The number of amides is 1. The van der Waals surface area contributed by atoms with Gasteiger partial charge in [-0.3, -0.25) is 4.79 Å². The molecule has 1 amide bonds. The van der Waals surface area contributed by atoms with Gasteiger partial charge in [-0.05, 0) is 44.8 Å². The molecule has 0 aliphatic carbocycles. The van der Waals surface area contributed by atoms with Crippen LogP contribution in [0.3, 0.4) is 0 Å². The lowest BCUT2D eigenvalue weighted by Gasteiger charge is -2.19. The van der Waals surface area contributed by atoms with E-state index in [-0.39, 0.29) is 24.0 Å². The van der Waals surface area contributed by atoms with Crippen LogP contribution in [0.2, 0.25) is 0 Å². The summed E-state index contributed by atoms with van der Waals surface area (Å²) >= 11 is 0. The summed E-state index contributed by atoms with van der Waals surface area (Å²) in [5.74, 6) is 0.367. The average molecular weight is 333 g/mol. The maximum absolute atomic E-state index is 12.8. The highest BCUT2D eigenvalue weighted by Gasteiger charge is 2.29. The summed E-state index contributed by atoms with van der Waals surface area (Å²) in [5.41, 5.74) is 0.284. The number of nitrogens with zero attached hydrogens (tertiary/aromatic N) is 3. The number of aromatic nitrogens is 1. The highest BCUT2D eigenvalue weighted by atomic mass is 19.1. The number of hydrogen-bond donors (Lipinski definition) is 0. The van der Waals surface area contributed by atoms with E-state index in [0.29, 0.717) is 24.2 Å². The second kappa shape index (κ2) is 7.00. The topological polar surface area (TPSA) is 58.8 Å². The Kier molecular flexibility index (Phi) is 4.80. The van der Waals surface area contributed by atoms with Crippen molar-refractivity contribution in [2.45, 2.75) is 19.1 Å². The number of halogens is 1. The van der Waals surface area contributed by atoms with Gasteiger partial charge in [0.15, 0.2) is 12.3 Å². The first kappa shape index (κ1) is 16.4. The summed E-state index contributed by atoms with van der Waals surface area (Å²) in [7, 11) is 4.03. The second-order valence-corrected chi connectivity index (χ2v) is 6.03. The molecular formula is C17H20FN3O3. The molecule has 0 spiro atoms. The van der Waals surface area contributed by atoms with Gasteiger partial charge >= 0.3 is 0 Å². The molecule has 0 saturated carbocycles. The lowest BCUT2D eigenvalue weighted by atomic mass is 10.2. The van der Waals surface area contributed by atoms with Crippen LogP contribution in [0, 0.1) is 5.82 Å². The first-order valence-corrected chi connectivity index (χ1v) is 7.81. The molecule has 1 aliphatic heterocycles. The van der Waals surface area contributed by atoms with E-state index < -0.39 is 0 Å². The lowest BCUT2D eigenvalue weighted by Crippen LogP contribution is -2.34. The first-order chi connectivity index (χ1) is 11.5. The maximum Gasteiger partial charge on any atom is 0.275 e. The van der Waals surface area contributed by atoms with E-state index >= 15 is 0 Å². The molecule has 0 N–H and O–H groups in total. The minimum Gasteiger partial charge on any atom is -0.484 e. The third kappa shape index (κ3) is 3.73. The van der Waals surface area contributed by atoms with E-state index in [2.05, 4.69) is 9.88 Å². The summed E-state index contributed by atoms with van der Waals surface area (Å²) in [4.78, 5) is 20.5. The van der Waals surface area contributed by atoms with Crippen molar-refractivity contribution < 1.29 is 18.3 Å². The van der Waals surface area contributed by atoms with Crippen LogP contribution >= 0.6 is 0 Å². The van der Waals surface area contributed by atoms with E-state index in [4.69, 9.17) is 9.15 Å². The maximum atomic E-state index is 12.8. The fourth-order valence-electron chi connectivity index (χ4n) is 2.66. The van der Waals surface area contributed by atoms with Crippen LogP contribution in [0.25, 0.3) is 0 Å². The minimum atomic E-state index is -0.326. The molecule has 0 unspecified atom stereocenters. The van der Waals surface area contributed by atoms with Gasteiger partial charge in [-0.15, -0.1) is 0 Å². The normalized spacial score (nSPS) is 17.5. The number of hydrogen-bond acceptors (Lipinski definition) is 5. The molecule has 1 aromatic heterocycles. The molecular weight excluding hydrogens is 313 g/mol. The Morgan fingerprint density at radius 3 is 2.83 bits per heavy atom. The summed E-state index contributed by atoms with van der Waals surface area (Å²) < 4.78 is 23.6. The number of carbonyl (C=O) groups excluding carboxylic acids is 1. The van der Waals surface area contributed by atoms with Crippen molar-refractivity contribution in [3.63, 3.8) is 0 Å². The third-order valence-corrected chi connectivity index (χ3v) is 4.13. The molecule has 0 radical (unpaired) electrons. The Bertz CT molecular complexity index is 699. The van der Waals surface area contributed by atoms with Gasteiger partial charge in [0.05, 0.1) is 0 Å². The van der Waals surface area contributed by atoms with Crippen LogP contribution in [0.15, 0.2) is 34.9 Å². The summed E-state index contributed by atoms with van der Waals surface area (Å²) in [6.45, 7) is 1.50. The smallest absolute Gasteiger partial charge is 0.275 e. The van der Waals surface area contributed by atoms with Crippen molar-refractivity contribution in [3.05, 3.63) is 47.9 Å². The Labute approximate surface area is 139 Å². The van der Waals surface area contributed by atoms with Crippen molar-refractivity contribution in [2.75, 3.05) is 27.2 Å². The molecule has 128 valence electrons. The van der Waals surface area contributed by atoms with E-state index in [9.17, 15) is 9.18 Å². The standard InChI is InChI=1S/C17H20FN3O3/c1-20(2)13-7-8-21(9-13)17(22)15-10-24-16(19-15)11-23-14-5-3-12(18)4-6-14/h3-6,10,13H,7-9,11H2,1-2H3/t13-/m0/s1. The Hall–Kier alpha value is -2.41. The third-order valence-electron chi connectivity index (χ3n) is 4.13. The zero-order valence-electron chi connectivity index (χ0n) is 13.7. The van der Waals surface area contributed by atoms with Gasteiger partial charge in [0.2, 0.25) is 5.89 Å². The highest BCUT2D eigenvalue weighted by molar-refractivity contribution is 5.92. The van der Waals surface area contributed by atoms with Crippen LogP contribution in [-0.4, -0.2) is 53.9 Å². The van der Waals surface area contributed by atoms with E-state index in [1.54, 1.807) is 4.90 Å². The van der Waals surface area contributed by atoms with Crippen molar-refractivity contribution in [1.82, 2.24) is 14.8 Å². The molecule has 1 fully saturated rings. The second-order valence-electron chi connectivity index (χ2n) is 6.03. The fraction of sp³-hybridized carbons (Fsp3) is 0.412. The minimum absolute atomic E-state index is 0.0826. The summed E-state index contributed by atoms with van der Waals surface area (Å²) in [6, 6.07) is 6.05. The number of ether oxygens (including phenoxy) is 1. The predicted molar refractivity (Wildman–Crippen MR) is 85.2 cm³/mol. The fourth-order valence-corrected chi connectivity index (χ4v) is 2.66. The van der Waals surface area contributed by atoms with Crippen molar-refractivity contribution in [1.29, 1.82) is 0 Å². The van der Waals surface area contributed by atoms with Crippen molar-refractivity contribution >= 4 is 5.91 Å². The van der Waals surface area contributed by atoms with Gasteiger partial charge in [-0.2, -0.15) is 0 Å². The van der Waals surface area contributed by atoms with E-state index in [1.807, 2.05) is 14.1 Å². The van der Waals surface area contributed by atoms with Crippen LogP contribution < -0.4 is 4.74 Å². The molecule has 3 rings (SSSR count). The molecule has 2 aromatic rings. The number of rotatable bonds is 5. The summed E-state index contributed by atoms with van der Waals surface area (Å²) in [6.07, 6.45) is 2.31. The molecule has 1 atom stereocenters. The number of oxazole rings is 1. The van der Waals surface area contributed by atoms with Crippen LogP contribution in [0.4, 0.5) is 4.39 Å².